The second-order valence-corrected chi connectivity index (χ2v) is 13.9. The molecular formula is C37H42FNO6. The van der Waals surface area contributed by atoms with Gasteiger partial charge in [-0.3, -0.25) is 14.4 Å². The predicted octanol–water partition coefficient (Wildman–Crippen LogP) is 7.30. The van der Waals surface area contributed by atoms with Gasteiger partial charge in [0.15, 0.2) is 23.1 Å². The number of aliphatic carboxylic acids is 1. The molecule has 5 rings (SSSR count). The van der Waals surface area contributed by atoms with Crippen molar-refractivity contribution in [3.8, 4) is 11.5 Å². The molecule has 0 bridgehead atoms. The number of carbonyl (C=O) groups is 3. The molecule has 3 aliphatic rings. The fourth-order valence-electron chi connectivity index (χ4n) is 7.10. The lowest BCUT2D eigenvalue weighted by Crippen LogP contribution is -2.45. The van der Waals surface area contributed by atoms with Crippen molar-refractivity contribution in [3.05, 3.63) is 94.1 Å². The number of Topliss-reactive ketones (excluding diaryl/α,β-unsaturated/α-hetero) is 2. The summed E-state index contributed by atoms with van der Waals surface area (Å²) < 4.78 is 26.4. The second-order valence-electron chi connectivity index (χ2n) is 13.9. The molecule has 45 heavy (non-hydrogen) atoms. The maximum absolute atomic E-state index is 14.4. The average molecular weight is 616 g/mol. The molecule has 8 heteroatoms. The van der Waals surface area contributed by atoms with Crippen LogP contribution in [0.15, 0.2) is 71.6 Å². The highest BCUT2D eigenvalue weighted by Crippen LogP contribution is 2.55. The number of rotatable bonds is 10. The molecule has 2 aliphatic carbocycles. The largest absolute Gasteiger partial charge is 0.493 e. The Balaban J connectivity index is 1.71. The number of hydrogen-bond donors (Lipinski definition) is 1. The van der Waals surface area contributed by atoms with Gasteiger partial charge in [-0.1, -0.05) is 58.0 Å². The Bertz CT molecular complexity index is 1580. The number of carbonyl (C=O) groups excluding carboxylic acids is 2. The number of ketones is 2. The topological polar surface area (TPSA) is 93.1 Å². The van der Waals surface area contributed by atoms with Crippen molar-refractivity contribution in [1.29, 1.82) is 0 Å². The molecule has 0 spiro atoms. The normalized spacial score (nSPS) is 19.3. The number of carboxylic acids is 1. The summed E-state index contributed by atoms with van der Waals surface area (Å²) in [6, 6.07) is 10.2. The molecule has 0 aromatic heterocycles. The quantitative estimate of drug-likeness (QED) is 0.280. The van der Waals surface area contributed by atoms with E-state index in [0.29, 0.717) is 60.3 Å². The molecule has 1 aliphatic heterocycles. The molecule has 2 aromatic carbocycles. The van der Waals surface area contributed by atoms with Crippen molar-refractivity contribution >= 4 is 17.5 Å². The van der Waals surface area contributed by atoms with Crippen molar-refractivity contribution in [2.75, 3.05) is 13.7 Å². The number of benzene rings is 2. The summed E-state index contributed by atoms with van der Waals surface area (Å²) in [5.74, 6) is -1.18. The predicted molar refractivity (Wildman–Crippen MR) is 169 cm³/mol. The molecule has 1 heterocycles. The minimum Gasteiger partial charge on any atom is -0.493 e. The lowest BCUT2D eigenvalue weighted by atomic mass is 9.63. The van der Waals surface area contributed by atoms with Crippen molar-refractivity contribution in [2.24, 2.45) is 10.8 Å². The summed E-state index contributed by atoms with van der Waals surface area (Å²) in [5.41, 5.74) is 3.91. The summed E-state index contributed by atoms with van der Waals surface area (Å²) in [7, 11) is 1.53. The van der Waals surface area contributed by atoms with Crippen LogP contribution in [0.5, 0.6) is 11.5 Å². The average Bonchev–Trinajstić information content (AvgIpc) is 2.94. The van der Waals surface area contributed by atoms with Gasteiger partial charge in [-0.15, -0.1) is 6.58 Å². The highest BCUT2D eigenvalue weighted by atomic mass is 19.1. The number of allylic oxidation sites excluding steroid dienone is 5. The van der Waals surface area contributed by atoms with Gasteiger partial charge in [0.25, 0.3) is 0 Å². The van der Waals surface area contributed by atoms with Crippen LogP contribution in [0.4, 0.5) is 4.39 Å². The molecule has 7 nitrogen and oxygen atoms in total. The van der Waals surface area contributed by atoms with Crippen LogP contribution in [0.2, 0.25) is 0 Å². The minimum atomic E-state index is -0.936. The van der Waals surface area contributed by atoms with E-state index in [4.69, 9.17) is 9.47 Å². The third-order valence-electron chi connectivity index (χ3n) is 8.97. The van der Waals surface area contributed by atoms with E-state index in [1.807, 2.05) is 44.7 Å². The minimum absolute atomic E-state index is 0.0137. The van der Waals surface area contributed by atoms with Gasteiger partial charge in [0.05, 0.1) is 13.5 Å². The van der Waals surface area contributed by atoms with Gasteiger partial charge >= 0.3 is 5.97 Å². The lowest BCUT2D eigenvalue weighted by Gasteiger charge is -2.49. The number of halogens is 1. The van der Waals surface area contributed by atoms with E-state index in [1.54, 1.807) is 24.3 Å². The van der Waals surface area contributed by atoms with Gasteiger partial charge < -0.3 is 19.5 Å². The SMILES string of the molecule is C=CCc1cc(C2C3=C(CC(C)(C)CC3=O)N(CCC(=O)O)C3=C2C(=O)CC(C)(C)C3)cc(OC)c1OCc1ccccc1F. The summed E-state index contributed by atoms with van der Waals surface area (Å²) in [6.07, 6.45) is 3.82. The summed E-state index contributed by atoms with van der Waals surface area (Å²) in [4.78, 5) is 41.9. The Morgan fingerprint density at radius 2 is 1.60 bits per heavy atom. The van der Waals surface area contributed by atoms with Crippen LogP contribution in [-0.4, -0.2) is 41.2 Å². The van der Waals surface area contributed by atoms with Crippen LogP contribution in [0, 0.1) is 16.6 Å². The molecule has 0 amide bonds. The van der Waals surface area contributed by atoms with Gasteiger partial charge in [0.2, 0.25) is 0 Å². The van der Waals surface area contributed by atoms with Crippen LogP contribution < -0.4 is 9.47 Å². The maximum atomic E-state index is 14.4. The van der Waals surface area contributed by atoms with Crippen LogP contribution in [0.1, 0.15) is 82.4 Å². The summed E-state index contributed by atoms with van der Waals surface area (Å²) >= 11 is 0. The number of ether oxygens (including phenoxy) is 2. The van der Waals surface area contributed by atoms with Gasteiger partial charge in [-0.25, -0.2) is 4.39 Å². The van der Waals surface area contributed by atoms with E-state index >= 15 is 0 Å². The number of carboxylic acid groups (broad SMARTS) is 1. The highest BCUT2D eigenvalue weighted by Gasteiger charge is 2.49. The third-order valence-corrected chi connectivity index (χ3v) is 8.97. The first kappa shape index (κ1) is 32.2. The Hall–Kier alpha value is -4.20. The van der Waals surface area contributed by atoms with Crippen LogP contribution in [0.25, 0.3) is 0 Å². The molecule has 1 N–H and O–H groups in total. The van der Waals surface area contributed by atoms with E-state index in [2.05, 4.69) is 6.58 Å². The second kappa shape index (κ2) is 12.3. The molecule has 0 atom stereocenters. The van der Waals surface area contributed by atoms with E-state index in [9.17, 15) is 23.9 Å². The molecule has 2 aromatic rings. The summed E-state index contributed by atoms with van der Waals surface area (Å²) in [6.45, 7) is 12.3. The van der Waals surface area contributed by atoms with Crippen LogP contribution in [-0.2, 0) is 27.4 Å². The smallest absolute Gasteiger partial charge is 0.305 e. The number of methoxy groups -OCH3 is 1. The molecule has 0 radical (unpaired) electrons. The lowest BCUT2D eigenvalue weighted by molar-refractivity contribution is -0.137. The van der Waals surface area contributed by atoms with E-state index in [-0.39, 0.29) is 47.8 Å². The van der Waals surface area contributed by atoms with Crippen LogP contribution >= 0.6 is 0 Å². The Morgan fingerprint density at radius 3 is 2.13 bits per heavy atom. The standard InChI is InChI=1S/C37H42FNO6/c1-7-10-22-15-24(16-30(44-6)35(22)45-21-23-11-8-9-12-25(23)38)32-33-26(17-36(2,3)19-28(33)40)39(14-13-31(42)43)27-18-37(4,5)20-29(41)34(27)32/h7-9,11-12,15-16,32H,1,10,13-14,17-21H2,2-6H3,(H,42,43). The first-order chi connectivity index (χ1) is 21.2. The molecular weight excluding hydrogens is 573 g/mol. The number of hydrogen-bond acceptors (Lipinski definition) is 6. The van der Waals surface area contributed by atoms with Gasteiger partial charge in [0.1, 0.15) is 12.4 Å². The maximum Gasteiger partial charge on any atom is 0.305 e. The van der Waals surface area contributed by atoms with Gasteiger partial charge in [-0.2, -0.15) is 0 Å². The molecule has 0 unspecified atom stereocenters. The molecule has 0 saturated heterocycles. The molecule has 0 fully saturated rings. The summed E-state index contributed by atoms with van der Waals surface area (Å²) in [5, 5.41) is 9.62. The first-order valence-electron chi connectivity index (χ1n) is 15.4. The van der Waals surface area contributed by atoms with Gasteiger partial charge in [-0.05, 0) is 47.8 Å². The van der Waals surface area contributed by atoms with Crippen molar-refractivity contribution < 1.29 is 33.4 Å². The molecule has 238 valence electrons. The highest BCUT2D eigenvalue weighted by molar-refractivity contribution is 6.07. The fraction of sp³-hybridized carbons (Fsp3) is 0.432. The van der Waals surface area contributed by atoms with E-state index in [1.165, 1.54) is 13.2 Å². The Labute approximate surface area is 264 Å². The van der Waals surface area contributed by atoms with Gasteiger partial charge in [0, 0.05) is 59.0 Å². The van der Waals surface area contributed by atoms with E-state index in [0.717, 1.165) is 22.5 Å². The monoisotopic (exact) mass is 615 g/mol. The van der Waals surface area contributed by atoms with E-state index < -0.39 is 11.9 Å². The number of nitrogens with zero attached hydrogens (tertiary/aromatic N) is 1. The fourth-order valence-corrected chi connectivity index (χ4v) is 7.10. The van der Waals surface area contributed by atoms with Crippen LogP contribution in [0.3, 0.4) is 0 Å². The zero-order valence-electron chi connectivity index (χ0n) is 26.8. The molecule has 0 saturated carbocycles. The van der Waals surface area contributed by atoms with Crippen molar-refractivity contribution in [3.63, 3.8) is 0 Å². The Morgan fingerprint density at radius 1 is 1.00 bits per heavy atom. The zero-order chi connectivity index (χ0) is 32.7. The zero-order valence-corrected chi connectivity index (χ0v) is 26.8. The van der Waals surface area contributed by atoms with Crippen molar-refractivity contribution in [1.82, 2.24) is 4.90 Å². The Kier molecular flexibility index (Phi) is 8.80. The van der Waals surface area contributed by atoms with Crippen molar-refractivity contribution in [2.45, 2.75) is 78.7 Å². The first-order valence-corrected chi connectivity index (χ1v) is 15.4. The third kappa shape index (κ3) is 6.46.